The molecule has 2 N–H and O–H groups in total. The first-order chi connectivity index (χ1) is 12.0. The molecule has 2 amide bonds. The predicted octanol–water partition coefficient (Wildman–Crippen LogP) is 2.76. The molecule has 6 nitrogen and oxygen atoms in total. The van der Waals surface area contributed by atoms with Gasteiger partial charge in [0.15, 0.2) is 11.5 Å². The van der Waals surface area contributed by atoms with E-state index in [4.69, 9.17) is 21.1 Å². The van der Waals surface area contributed by atoms with Gasteiger partial charge in [0.05, 0.1) is 10.8 Å². The highest BCUT2D eigenvalue weighted by Crippen LogP contribution is 2.39. The fourth-order valence-electron chi connectivity index (χ4n) is 2.04. The molecule has 130 valence electrons. The van der Waals surface area contributed by atoms with Crippen molar-refractivity contribution >= 4 is 35.2 Å². The van der Waals surface area contributed by atoms with E-state index in [1.807, 2.05) is 0 Å². The Morgan fingerprint density at radius 2 is 2.00 bits per heavy atom. The lowest BCUT2D eigenvalue weighted by atomic mass is 10.2. The van der Waals surface area contributed by atoms with Crippen LogP contribution in [0.5, 0.6) is 11.5 Å². The highest BCUT2D eigenvalue weighted by atomic mass is 35.5. The van der Waals surface area contributed by atoms with Crippen molar-refractivity contribution in [3.05, 3.63) is 52.8 Å². The van der Waals surface area contributed by atoms with Crippen molar-refractivity contribution < 1.29 is 23.5 Å². The Labute approximate surface area is 151 Å². The molecule has 9 heteroatoms. The van der Waals surface area contributed by atoms with E-state index in [-0.39, 0.29) is 23.1 Å². The number of benzene rings is 2. The van der Waals surface area contributed by atoms with Gasteiger partial charge in [0.1, 0.15) is 5.82 Å². The zero-order chi connectivity index (χ0) is 17.8. The normalized spacial score (nSPS) is 11.9. The third-order valence-electron chi connectivity index (χ3n) is 3.20. The standard InChI is InChI=1S/C16H12ClFN2O4S/c17-10-5-9(6-12-15(10)24-8-23-12)16(22)20-19-14(21)7-25-13-4-2-1-3-11(13)18/h1-6H,7-8H2,(H,19,21)(H,20,22). The van der Waals surface area contributed by atoms with Crippen LogP contribution in [-0.4, -0.2) is 24.4 Å². The van der Waals surface area contributed by atoms with E-state index < -0.39 is 17.6 Å². The number of rotatable bonds is 4. The van der Waals surface area contributed by atoms with Gasteiger partial charge in [-0.3, -0.25) is 20.4 Å². The highest BCUT2D eigenvalue weighted by Gasteiger charge is 2.20. The molecule has 3 rings (SSSR count). The number of fused-ring (bicyclic) bond motifs is 1. The second kappa shape index (κ2) is 7.62. The second-order valence-electron chi connectivity index (χ2n) is 4.91. The predicted molar refractivity (Wildman–Crippen MR) is 90.3 cm³/mol. The van der Waals surface area contributed by atoms with E-state index in [1.165, 1.54) is 18.2 Å². The van der Waals surface area contributed by atoms with Crippen molar-refractivity contribution in [2.75, 3.05) is 12.5 Å². The fourth-order valence-corrected chi connectivity index (χ4v) is 3.04. The molecule has 2 aromatic carbocycles. The van der Waals surface area contributed by atoms with Crippen molar-refractivity contribution in [3.63, 3.8) is 0 Å². The van der Waals surface area contributed by atoms with Crippen LogP contribution in [0.4, 0.5) is 4.39 Å². The van der Waals surface area contributed by atoms with Crippen LogP contribution >= 0.6 is 23.4 Å². The van der Waals surface area contributed by atoms with Gasteiger partial charge in [0.25, 0.3) is 5.91 Å². The van der Waals surface area contributed by atoms with Crippen LogP contribution in [-0.2, 0) is 4.79 Å². The van der Waals surface area contributed by atoms with Gasteiger partial charge in [0, 0.05) is 10.5 Å². The molecule has 2 aromatic rings. The summed E-state index contributed by atoms with van der Waals surface area (Å²) in [5, 5.41) is 0.238. The van der Waals surface area contributed by atoms with Crippen molar-refractivity contribution in [3.8, 4) is 11.5 Å². The maximum absolute atomic E-state index is 13.5. The van der Waals surface area contributed by atoms with Gasteiger partial charge >= 0.3 is 0 Å². The number of carbonyl (C=O) groups is 2. The lowest BCUT2D eigenvalue weighted by molar-refractivity contribution is -0.119. The number of halogens is 2. The van der Waals surface area contributed by atoms with Crippen LogP contribution in [0.15, 0.2) is 41.3 Å². The van der Waals surface area contributed by atoms with Gasteiger partial charge in [-0.25, -0.2) is 4.39 Å². The number of carbonyl (C=O) groups excluding carboxylic acids is 2. The van der Waals surface area contributed by atoms with Crippen LogP contribution in [0.1, 0.15) is 10.4 Å². The molecule has 1 aliphatic rings. The van der Waals surface area contributed by atoms with Gasteiger partial charge in [0.2, 0.25) is 12.7 Å². The molecule has 1 aliphatic heterocycles. The molecule has 0 saturated carbocycles. The van der Waals surface area contributed by atoms with E-state index >= 15 is 0 Å². The average Bonchev–Trinajstić information content (AvgIpc) is 3.08. The number of hydrogen-bond acceptors (Lipinski definition) is 5. The summed E-state index contributed by atoms with van der Waals surface area (Å²) >= 11 is 7.03. The SMILES string of the molecule is O=C(CSc1ccccc1F)NNC(=O)c1cc(Cl)c2c(c1)OCO2. The quantitative estimate of drug-likeness (QED) is 0.628. The minimum atomic E-state index is -0.565. The molecule has 0 saturated heterocycles. The Bertz CT molecular complexity index is 834. The minimum Gasteiger partial charge on any atom is -0.454 e. The molecular weight excluding hydrogens is 371 g/mol. The van der Waals surface area contributed by atoms with Crippen molar-refractivity contribution in [1.82, 2.24) is 10.9 Å². The first kappa shape index (κ1) is 17.4. The van der Waals surface area contributed by atoms with Gasteiger partial charge in [-0.05, 0) is 24.3 Å². The minimum absolute atomic E-state index is 0.0319. The molecule has 0 atom stereocenters. The fraction of sp³-hybridized carbons (Fsp3) is 0.125. The van der Waals surface area contributed by atoms with E-state index in [9.17, 15) is 14.0 Å². The number of amides is 2. The summed E-state index contributed by atoms with van der Waals surface area (Å²) in [4.78, 5) is 24.2. The maximum Gasteiger partial charge on any atom is 0.269 e. The Balaban J connectivity index is 1.53. The summed E-state index contributed by atoms with van der Waals surface area (Å²) in [6, 6.07) is 8.99. The summed E-state index contributed by atoms with van der Waals surface area (Å²) in [7, 11) is 0. The molecule has 1 heterocycles. The number of ether oxygens (including phenoxy) is 2. The topological polar surface area (TPSA) is 76.7 Å². The van der Waals surface area contributed by atoms with Gasteiger partial charge < -0.3 is 9.47 Å². The molecule has 0 bridgehead atoms. The van der Waals surface area contributed by atoms with E-state index in [2.05, 4.69) is 10.9 Å². The Morgan fingerprint density at radius 3 is 2.80 bits per heavy atom. The van der Waals surface area contributed by atoms with Gasteiger partial charge in [-0.2, -0.15) is 0 Å². The summed E-state index contributed by atoms with van der Waals surface area (Å²) in [6.45, 7) is 0.0319. The smallest absolute Gasteiger partial charge is 0.269 e. The van der Waals surface area contributed by atoms with E-state index in [0.717, 1.165) is 11.8 Å². The first-order valence-electron chi connectivity index (χ1n) is 7.10. The van der Waals surface area contributed by atoms with E-state index in [0.29, 0.717) is 16.4 Å². The molecule has 0 spiro atoms. The largest absolute Gasteiger partial charge is 0.454 e. The number of thioether (sulfide) groups is 1. The van der Waals surface area contributed by atoms with Crippen LogP contribution in [0.3, 0.4) is 0 Å². The van der Waals surface area contributed by atoms with Crippen molar-refractivity contribution in [2.45, 2.75) is 4.90 Å². The lowest BCUT2D eigenvalue weighted by Gasteiger charge is -2.09. The van der Waals surface area contributed by atoms with Crippen molar-refractivity contribution in [2.24, 2.45) is 0 Å². The van der Waals surface area contributed by atoms with Crippen LogP contribution in [0, 0.1) is 5.82 Å². The third-order valence-corrected chi connectivity index (χ3v) is 4.53. The van der Waals surface area contributed by atoms with Crippen LogP contribution < -0.4 is 20.3 Å². The van der Waals surface area contributed by atoms with Crippen LogP contribution in [0.2, 0.25) is 5.02 Å². The first-order valence-corrected chi connectivity index (χ1v) is 8.46. The maximum atomic E-state index is 13.5. The highest BCUT2D eigenvalue weighted by molar-refractivity contribution is 8.00. The average molecular weight is 383 g/mol. The number of hydrazine groups is 1. The number of hydrogen-bond donors (Lipinski definition) is 2. The molecule has 25 heavy (non-hydrogen) atoms. The third kappa shape index (κ3) is 4.15. The monoisotopic (exact) mass is 382 g/mol. The second-order valence-corrected chi connectivity index (χ2v) is 6.34. The van der Waals surface area contributed by atoms with Crippen molar-refractivity contribution in [1.29, 1.82) is 0 Å². The Hall–Kier alpha value is -2.45. The summed E-state index contributed by atoms with van der Waals surface area (Å²) < 4.78 is 23.8. The molecule has 0 fully saturated rings. The Morgan fingerprint density at radius 1 is 1.20 bits per heavy atom. The molecule has 0 aromatic heterocycles. The van der Waals surface area contributed by atoms with E-state index in [1.54, 1.807) is 18.2 Å². The summed E-state index contributed by atoms with van der Waals surface area (Å²) in [6.07, 6.45) is 0. The molecule has 0 unspecified atom stereocenters. The van der Waals surface area contributed by atoms with Gasteiger partial charge in [-0.15, -0.1) is 11.8 Å². The molecule has 0 radical (unpaired) electrons. The summed E-state index contributed by atoms with van der Waals surface area (Å²) in [5.41, 5.74) is 4.73. The molecule has 0 aliphatic carbocycles. The van der Waals surface area contributed by atoms with Crippen LogP contribution in [0.25, 0.3) is 0 Å². The molecular formula is C16H12ClFN2O4S. The summed E-state index contributed by atoms with van der Waals surface area (Å²) in [5.74, 6) is -0.761. The zero-order valence-corrected chi connectivity index (χ0v) is 14.2. The van der Waals surface area contributed by atoms with Gasteiger partial charge in [-0.1, -0.05) is 23.7 Å². The lowest BCUT2D eigenvalue weighted by Crippen LogP contribution is -2.42. The number of nitrogens with one attached hydrogen (secondary N) is 2. The Kier molecular flexibility index (Phi) is 5.30. The zero-order valence-electron chi connectivity index (χ0n) is 12.7.